The van der Waals surface area contributed by atoms with E-state index in [-0.39, 0.29) is 50.3 Å². The van der Waals surface area contributed by atoms with Crippen LogP contribution < -0.4 is 11.5 Å². The summed E-state index contributed by atoms with van der Waals surface area (Å²) < 4.78 is 75.6. The molecule has 2 aliphatic rings. The first-order chi connectivity index (χ1) is 24.2. The molecule has 0 spiro atoms. The average molecular weight is 960 g/mol. The molecule has 19 nitrogen and oxygen atoms in total. The standard InChI is InChI=1S/C15H16F2IN7O3.C11H10F2IN7O2.CH4/c1-6(2)13(26)27-11-9(16)10(28-15(11,5-18)23-24-20)7-3-4-8-12(19)21-14(17)22-25(7)8;12-6-7(23-11(3-14,8(6)22)19-20-16)4-1-2-5-9(15)17-10(13)18-21(4)5;/h3-4,6,9-11H,5H2,1-2H3,(H2,19,21,22);1-2,6-8,22H,3H2,(H2,15,17,18);1H4/t9-,10-,11-,15+;6-,7-,8-,11+;/m00./s1. The largest absolute Gasteiger partial charge is 0.456 e. The second kappa shape index (κ2) is 15.9. The fraction of sp³-hybridized carbons (Fsp3) is 0.519. The molecule has 25 heteroatoms. The van der Waals surface area contributed by atoms with E-state index in [4.69, 9.17) is 36.7 Å². The normalized spacial score (nSPS) is 28.1. The van der Waals surface area contributed by atoms with Gasteiger partial charge in [-0.25, -0.2) is 17.8 Å². The van der Waals surface area contributed by atoms with Crippen molar-refractivity contribution in [2.45, 2.75) is 69.5 Å². The quantitative estimate of drug-likeness (QED) is 0.0394. The van der Waals surface area contributed by atoms with Crippen molar-refractivity contribution >= 4 is 73.8 Å². The molecule has 6 heterocycles. The minimum absolute atomic E-state index is 0. The Labute approximate surface area is 317 Å². The molecule has 0 aromatic carbocycles. The molecular weight excluding hydrogens is 930 g/mol. The summed E-state index contributed by atoms with van der Waals surface area (Å²) in [6.45, 7) is 3.18. The number of fused-ring (bicyclic) bond motifs is 2. The Morgan fingerprint density at radius 1 is 0.942 bits per heavy atom. The molecule has 0 radical (unpaired) electrons. The first-order valence-electron chi connectivity index (χ1n) is 14.6. The fourth-order valence-electron chi connectivity index (χ4n) is 5.43. The van der Waals surface area contributed by atoms with Crippen LogP contribution in [0.25, 0.3) is 31.9 Å². The zero-order valence-electron chi connectivity index (χ0n) is 26.1. The summed E-state index contributed by atoms with van der Waals surface area (Å²) >= 11 is 3.67. The Morgan fingerprint density at radius 2 is 1.38 bits per heavy atom. The van der Waals surface area contributed by atoms with E-state index in [1.54, 1.807) is 13.8 Å². The molecule has 0 aliphatic carbocycles. The van der Waals surface area contributed by atoms with E-state index >= 15 is 4.39 Å². The third-order valence-corrected chi connectivity index (χ3v) is 10.1. The van der Waals surface area contributed by atoms with Crippen LogP contribution in [0.1, 0.15) is 44.9 Å². The Morgan fingerprint density at radius 3 is 1.83 bits per heavy atom. The van der Waals surface area contributed by atoms with Gasteiger partial charge in [0.2, 0.25) is 0 Å². The predicted molar refractivity (Wildman–Crippen MR) is 191 cm³/mol. The van der Waals surface area contributed by atoms with Gasteiger partial charge in [0.25, 0.3) is 0 Å². The molecule has 0 unspecified atom stereocenters. The second-order valence-corrected chi connectivity index (χ2v) is 12.9. The zero-order chi connectivity index (χ0) is 37.4. The van der Waals surface area contributed by atoms with Crippen LogP contribution in [0.4, 0.5) is 29.2 Å². The maximum atomic E-state index is 15.4. The molecule has 0 bridgehead atoms. The van der Waals surface area contributed by atoms with Gasteiger partial charge in [0.1, 0.15) is 29.3 Å². The first-order valence-corrected chi connectivity index (χ1v) is 17.6. The Kier molecular flexibility index (Phi) is 12.5. The number of anilines is 2. The molecule has 4 aromatic heterocycles. The van der Waals surface area contributed by atoms with Crippen molar-refractivity contribution in [2.24, 2.45) is 16.1 Å². The van der Waals surface area contributed by atoms with E-state index in [0.717, 1.165) is 9.03 Å². The van der Waals surface area contributed by atoms with E-state index in [9.17, 15) is 23.1 Å². The summed E-state index contributed by atoms with van der Waals surface area (Å²) in [5, 5.41) is 24.2. The third kappa shape index (κ3) is 7.16. The summed E-state index contributed by atoms with van der Waals surface area (Å²) in [7, 11) is 0. The lowest BCUT2D eigenvalue weighted by Gasteiger charge is -2.27. The molecule has 2 saturated heterocycles. The zero-order valence-corrected chi connectivity index (χ0v) is 30.4. The maximum Gasteiger partial charge on any atom is 0.327 e. The van der Waals surface area contributed by atoms with Crippen LogP contribution >= 0.6 is 45.2 Å². The van der Waals surface area contributed by atoms with E-state index in [1.165, 1.54) is 24.3 Å². The van der Waals surface area contributed by atoms with Crippen molar-refractivity contribution in [2.75, 3.05) is 20.3 Å². The van der Waals surface area contributed by atoms with E-state index in [0.29, 0.717) is 0 Å². The average Bonchev–Trinajstić information content (AvgIpc) is 3.82. The first kappa shape index (κ1) is 40.8. The van der Waals surface area contributed by atoms with Crippen LogP contribution in [0.5, 0.6) is 0 Å². The fourth-order valence-corrected chi connectivity index (χ4v) is 6.98. The van der Waals surface area contributed by atoms with E-state index < -0.39 is 72.3 Å². The number of alkyl halides is 4. The van der Waals surface area contributed by atoms with Gasteiger partial charge in [-0.1, -0.05) is 76.7 Å². The summed E-state index contributed by atoms with van der Waals surface area (Å²) in [6, 6.07) is 5.83. The van der Waals surface area contributed by atoms with Gasteiger partial charge in [0.05, 0.1) is 17.3 Å². The van der Waals surface area contributed by atoms with Crippen molar-refractivity contribution < 1.29 is 41.7 Å². The van der Waals surface area contributed by atoms with Crippen LogP contribution in [0.2, 0.25) is 0 Å². The number of nitrogen functional groups attached to an aromatic ring is 2. The Balaban J connectivity index is 0.000000232. The number of carbonyl (C=O) groups excluding carboxylic acids is 1. The number of aromatic nitrogens is 6. The molecule has 0 saturated carbocycles. The maximum absolute atomic E-state index is 15.4. The van der Waals surface area contributed by atoms with Crippen LogP contribution in [-0.4, -0.2) is 85.1 Å². The number of nitrogens with two attached hydrogens (primary N) is 2. The Hall–Kier alpha value is -4.01. The number of aliphatic hydroxyl groups excluding tert-OH is 1. The number of azide groups is 2. The number of rotatable bonds is 8. The minimum atomic E-state index is -1.90. The van der Waals surface area contributed by atoms with Gasteiger partial charge in [0.15, 0.2) is 41.5 Å². The number of ether oxygens (including phenoxy) is 3. The minimum Gasteiger partial charge on any atom is -0.456 e. The molecule has 5 N–H and O–H groups in total. The highest BCUT2D eigenvalue weighted by Gasteiger charge is 2.59. The summed E-state index contributed by atoms with van der Waals surface area (Å²) in [6.07, 6.45) is -11.8. The lowest BCUT2D eigenvalue weighted by Crippen LogP contribution is -2.45. The van der Waals surface area contributed by atoms with E-state index in [1.807, 2.05) is 45.2 Å². The van der Waals surface area contributed by atoms with Gasteiger partial charge < -0.3 is 30.8 Å². The van der Waals surface area contributed by atoms with Crippen molar-refractivity contribution in [3.05, 3.63) is 68.7 Å². The number of carbonyl (C=O) groups is 1. The summed E-state index contributed by atoms with van der Waals surface area (Å²) in [5.41, 5.74) is 26.1. The summed E-state index contributed by atoms with van der Waals surface area (Å²) in [5.74, 6) is -1.45. The topological polar surface area (TPSA) is 275 Å². The molecule has 2 fully saturated rings. The van der Waals surface area contributed by atoms with Gasteiger partial charge in [0, 0.05) is 18.7 Å². The van der Waals surface area contributed by atoms with Crippen LogP contribution in [0.15, 0.2) is 34.5 Å². The third-order valence-electron chi connectivity index (χ3n) is 7.93. The predicted octanol–water partition coefficient (Wildman–Crippen LogP) is 5.17. The van der Waals surface area contributed by atoms with Crippen molar-refractivity contribution in [3.63, 3.8) is 0 Å². The van der Waals surface area contributed by atoms with Crippen molar-refractivity contribution in [3.8, 4) is 0 Å². The van der Waals surface area contributed by atoms with E-state index in [2.05, 4.69) is 40.2 Å². The lowest BCUT2D eigenvalue weighted by atomic mass is 10.0. The molecule has 4 aromatic rings. The number of hydrogen-bond acceptors (Lipinski definition) is 13. The molecule has 6 rings (SSSR count). The van der Waals surface area contributed by atoms with Crippen LogP contribution in [-0.2, 0) is 19.0 Å². The molecule has 52 heavy (non-hydrogen) atoms. The van der Waals surface area contributed by atoms with Crippen LogP contribution in [0.3, 0.4) is 0 Å². The molecule has 8 atom stereocenters. The molecular formula is C27H30F4I2N14O5. The number of esters is 1. The highest BCUT2D eigenvalue weighted by atomic mass is 127. The summed E-state index contributed by atoms with van der Waals surface area (Å²) in [4.78, 5) is 24.2. The second-order valence-electron chi connectivity index (χ2n) is 11.4. The highest BCUT2D eigenvalue weighted by molar-refractivity contribution is 14.1. The number of hydrogen-bond donors (Lipinski definition) is 3. The molecule has 280 valence electrons. The highest BCUT2D eigenvalue weighted by Crippen LogP contribution is 2.46. The van der Waals surface area contributed by atoms with Gasteiger partial charge in [-0.15, -0.1) is 10.2 Å². The lowest BCUT2D eigenvalue weighted by molar-refractivity contribution is -0.163. The van der Waals surface area contributed by atoms with Crippen molar-refractivity contribution in [1.29, 1.82) is 0 Å². The SMILES string of the molecule is C.CC(C)C(=O)O[C@H]1[C@@H](F)[C@H](c2ccc3c(N)nc(F)nn23)O[C@@]1(CI)N=[N+]=[N-].[N-]=[N+]=N[C@]1(CI)O[C@@H](c2ccc3c(N)nc(F)nn23)[C@H](F)[C@@H]1O. The molecule has 0 amide bonds. The smallest absolute Gasteiger partial charge is 0.327 e. The number of halogens is 6. The Bertz CT molecular complexity index is 2060. The van der Waals surface area contributed by atoms with Gasteiger partial charge >= 0.3 is 18.1 Å². The van der Waals surface area contributed by atoms with Gasteiger partial charge in [-0.05, 0) is 35.3 Å². The van der Waals surface area contributed by atoms with Crippen LogP contribution in [0, 0.1) is 18.1 Å². The number of nitrogens with zero attached hydrogens (tertiary/aromatic N) is 12. The van der Waals surface area contributed by atoms with Gasteiger partial charge in [-0.3, -0.25) is 4.79 Å². The van der Waals surface area contributed by atoms with Crippen molar-refractivity contribution in [1.82, 2.24) is 29.2 Å². The van der Waals surface area contributed by atoms with Gasteiger partial charge in [-0.2, -0.15) is 18.7 Å². The monoisotopic (exact) mass is 960 g/mol. The molecule has 2 aliphatic heterocycles. The number of aliphatic hydroxyl groups is 1.